The Labute approximate surface area is 210 Å². The van der Waals surface area contributed by atoms with Gasteiger partial charge in [-0.25, -0.2) is 0 Å². The Morgan fingerprint density at radius 1 is 1.20 bits per heavy atom. The molecule has 0 amide bonds. The van der Waals surface area contributed by atoms with Crippen molar-refractivity contribution in [3.63, 3.8) is 0 Å². The predicted molar refractivity (Wildman–Crippen MR) is 138 cm³/mol. The number of hydrogen-bond donors (Lipinski definition) is 3. The molecular weight excluding hydrogens is 464 g/mol. The predicted octanol–water partition coefficient (Wildman–Crippen LogP) is 3.59. The molecule has 2 aromatic carbocycles. The summed E-state index contributed by atoms with van der Waals surface area (Å²) in [7, 11) is 0. The number of carbonyl (C=O) groups is 1. The van der Waals surface area contributed by atoms with E-state index >= 15 is 0 Å². The maximum absolute atomic E-state index is 12.5. The number of nitrogens with two attached hydrogens (primary N) is 1. The van der Waals surface area contributed by atoms with Crippen LogP contribution in [0.15, 0.2) is 42.5 Å². The summed E-state index contributed by atoms with van der Waals surface area (Å²) in [5.74, 6) is 0.0124. The molecule has 0 aliphatic carbocycles. The fourth-order valence-electron chi connectivity index (χ4n) is 4.30. The Kier molecular flexibility index (Phi) is 10.4. The van der Waals surface area contributed by atoms with E-state index in [4.69, 9.17) is 15.9 Å². The zero-order valence-electron chi connectivity index (χ0n) is 20.3. The van der Waals surface area contributed by atoms with Crippen LogP contribution in [0.5, 0.6) is 5.75 Å². The summed E-state index contributed by atoms with van der Waals surface area (Å²) < 4.78 is 30.9. The fourth-order valence-corrected chi connectivity index (χ4v) is 5.04. The molecule has 9 heteroatoms. The van der Waals surface area contributed by atoms with Crippen LogP contribution in [0, 0.1) is 5.41 Å². The zero-order chi connectivity index (χ0) is 25.2. The fraction of sp³-hybridized carbons (Fsp3) is 0.462. The number of nitrogens with one attached hydrogen (secondary N) is 2. The summed E-state index contributed by atoms with van der Waals surface area (Å²) in [4.78, 5) is 12.5. The first-order valence-corrected chi connectivity index (χ1v) is 13.3. The highest BCUT2D eigenvalue weighted by Crippen LogP contribution is 2.29. The van der Waals surface area contributed by atoms with Crippen molar-refractivity contribution in [2.75, 3.05) is 17.4 Å². The molecule has 190 valence electrons. The van der Waals surface area contributed by atoms with Gasteiger partial charge < -0.3 is 25.7 Å². The SMILES string of the molecule is CCCC(=N)c1ccc(CCCC(=O)Oc2ccc(N(C3CCNCC3)S(=O)[O-])cc2CN)cc1. The number of nitrogens with zero attached hydrogens (tertiary/aromatic N) is 1. The maximum atomic E-state index is 12.5. The Morgan fingerprint density at radius 2 is 1.91 bits per heavy atom. The van der Waals surface area contributed by atoms with E-state index in [0.29, 0.717) is 29.1 Å². The molecule has 1 unspecified atom stereocenters. The van der Waals surface area contributed by atoms with Crippen molar-refractivity contribution in [3.05, 3.63) is 59.2 Å². The van der Waals surface area contributed by atoms with Crippen LogP contribution in [0.3, 0.4) is 0 Å². The number of hydrogen-bond acceptors (Lipinski definition) is 7. The van der Waals surface area contributed by atoms with Crippen molar-refractivity contribution in [2.45, 2.75) is 64.5 Å². The molecule has 0 bridgehead atoms. The minimum Gasteiger partial charge on any atom is -0.755 e. The van der Waals surface area contributed by atoms with Crippen LogP contribution >= 0.6 is 0 Å². The molecule has 4 N–H and O–H groups in total. The lowest BCUT2D eigenvalue weighted by Gasteiger charge is -2.37. The van der Waals surface area contributed by atoms with E-state index in [1.54, 1.807) is 18.2 Å². The van der Waals surface area contributed by atoms with Crippen molar-refractivity contribution in [2.24, 2.45) is 5.73 Å². The number of esters is 1. The molecular formula is C26H35N4O4S-. The third-order valence-electron chi connectivity index (χ3n) is 6.19. The largest absolute Gasteiger partial charge is 0.755 e. The van der Waals surface area contributed by atoms with Gasteiger partial charge in [0, 0.05) is 47.2 Å². The second-order valence-electron chi connectivity index (χ2n) is 8.77. The molecule has 2 aromatic rings. The lowest BCUT2D eigenvalue weighted by Crippen LogP contribution is -2.44. The highest BCUT2D eigenvalue weighted by atomic mass is 32.2. The van der Waals surface area contributed by atoms with E-state index in [9.17, 15) is 13.6 Å². The van der Waals surface area contributed by atoms with Crippen molar-refractivity contribution in [1.82, 2.24) is 5.32 Å². The highest BCUT2D eigenvalue weighted by molar-refractivity contribution is 7.80. The molecule has 1 aliphatic heterocycles. The molecule has 1 aliphatic rings. The topological polar surface area (TPSA) is 132 Å². The van der Waals surface area contributed by atoms with Gasteiger partial charge in [0.05, 0.1) is 0 Å². The minimum atomic E-state index is -2.41. The summed E-state index contributed by atoms with van der Waals surface area (Å²) in [6, 6.07) is 12.8. The number of anilines is 1. The maximum Gasteiger partial charge on any atom is 0.311 e. The number of piperidine rings is 1. The lowest BCUT2D eigenvalue weighted by molar-refractivity contribution is -0.134. The average Bonchev–Trinajstić information content (AvgIpc) is 2.86. The quantitative estimate of drug-likeness (QED) is 0.177. The van der Waals surface area contributed by atoms with E-state index in [1.165, 1.54) is 4.31 Å². The third kappa shape index (κ3) is 7.70. The molecule has 0 radical (unpaired) electrons. The molecule has 1 fully saturated rings. The van der Waals surface area contributed by atoms with Crippen LogP contribution < -0.4 is 20.1 Å². The van der Waals surface area contributed by atoms with Gasteiger partial charge in [-0.1, -0.05) is 37.6 Å². The molecule has 0 aromatic heterocycles. The first kappa shape index (κ1) is 27.0. The highest BCUT2D eigenvalue weighted by Gasteiger charge is 2.23. The molecule has 0 saturated carbocycles. The van der Waals surface area contributed by atoms with Crippen LogP contribution in [0.1, 0.15) is 62.1 Å². The third-order valence-corrected chi connectivity index (χ3v) is 7.02. The number of rotatable bonds is 12. The van der Waals surface area contributed by atoms with Gasteiger partial charge in [0.15, 0.2) is 0 Å². The van der Waals surface area contributed by atoms with E-state index in [0.717, 1.165) is 56.3 Å². The van der Waals surface area contributed by atoms with Gasteiger partial charge in [0.1, 0.15) is 5.75 Å². The minimum absolute atomic E-state index is 0.111. The van der Waals surface area contributed by atoms with Crippen LogP contribution in [0.2, 0.25) is 0 Å². The Hall–Kier alpha value is -2.59. The monoisotopic (exact) mass is 499 g/mol. The number of ether oxygens (including phenoxy) is 1. The molecule has 1 atom stereocenters. The zero-order valence-corrected chi connectivity index (χ0v) is 21.1. The van der Waals surface area contributed by atoms with Crippen molar-refractivity contribution in [3.8, 4) is 5.75 Å². The molecule has 1 heterocycles. The summed E-state index contributed by atoms with van der Waals surface area (Å²) in [6.07, 6.45) is 4.80. The van der Waals surface area contributed by atoms with E-state index in [-0.39, 0.29) is 25.0 Å². The lowest BCUT2D eigenvalue weighted by atomic mass is 10.0. The standard InChI is InChI=1S/C26H36N4O4S/c1-2-4-24(28)20-9-7-19(8-10-20)5-3-6-26(31)34-25-12-11-23(17-21(25)18-27)30(35(32)33)22-13-15-29-16-14-22/h7-12,17,22,28-29H,2-6,13-16,18,27H2,1H3,(H,32,33)/p-1. The number of benzene rings is 2. The summed E-state index contributed by atoms with van der Waals surface area (Å²) >= 11 is -2.41. The van der Waals surface area contributed by atoms with Crippen molar-refractivity contribution in [1.29, 1.82) is 5.41 Å². The van der Waals surface area contributed by atoms with Gasteiger partial charge in [0.2, 0.25) is 0 Å². The van der Waals surface area contributed by atoms with Gasteiger partial charge in [-0.2, -0.15) is 0 Å². The summed E-state index contributed by atoms with van der Waals surface area (Å²) in [6.45, 7) is 3.72. The van der Waals surface area contributed by atoms with E-state index < -0.39 is 11.3 Å². The van der Waals surface area contributed by atoms with Gasteiger partial charge >= 0.3 is 5.97 Å². The Bertz CT molecular complexity index is 1020. The second-order valence-corrected chi connectivity index (χ2v) is 9.60. The van der Waals surface area contributed by atoms with Gasteiger partial charge in [-0.15, -0.1) is 0 Å². The summed E-state index contributed by atoms with van der Waals surface area (Å²) in [5, 5.41) is 11.3. The molecule has 3 rings (SSSR count). The van der Waals surface area contributed by atoms with Gasteiger partial charge in [-0.3, -0.25) is 13.3 Å². The molecule has 35 heavy (non-hydrogen) atoms. The van der Waals surface area contributed by atoms with E-state index in [1.807, 2.05) is 24.3 Å². The molecule has 1 saturated heterocycles. The van der Waals surface area contributed by atoms with Crippen molar-refractivity contribution < 1.29 is 18.3 Å². The normalized spacial score (nSPS) is 14.9. The van der Waals surface area contributed by atoms with E-state index in [2.05, 4.69) is 12.2 Å². The summed E-state index contributed by atoms with van der Waals surface area (Å²) in [5.41, 5.74) is 9.70. The smallest absolute Gasteiger partial charge is 0.311 e. The second kappa shape index (κ2) is 13.5. The average molecular weight is 500 g/mol. The van der Waals surface area contributed by atoms with Gasteiger partial charge in [-0.05, 0) is 74.5 Å². The van der Waals surface area contributed by atoms with Crippen LogP contribution in [-0.2, 0) is 29.0 Å². The van der Waals surface area contributed by atoms with Crippen LogP contribution in [0.4, 0.5) is 5.69 Å². The Balaban J connectivity index is 1.56. The Morgan fingerprint density at radius 3 is 2.54 bits per heavy atom. The number of carbonyl (C=O) groups excluding carboxylic acids is 1. The van der Waals surface area contributed by atoms with Crippen LogP contribution in [-0.4, -0.2) is 39.6 Å². The van der Waals surface area contributed by atoms with Crippen LogP contribution in [0.25, 0.3) is 0 Å². The molecule has 8 nitrogen and oxygen atoms in total. The first-order valence-electron chi connectivity index (χ1n) is 12.2. The van der Waals surface area contributed by atoms with Gasteiger partial charge in [0.25, 0.3) is 0 Å². The molecule has 0 spiro atoms. The van der Waals surface area contributed by atoms with Crippen molar-refractivity contribution >= 4 is 28.6 Å². The number of aryl methyl sites for hydroxylation is 1. The first-order chi connectivity index (χ1) is 16.9.